The first kappa shape index (κ1) is 14.3. The number of ether oxygens (including phenoxy) is 1. The predicted molar refractivity (Wildman–Crippen MR) is 86.3 cm³/mol. The van der Waals surface area contributed by atoms with E-state index in [1.807, 2.05) is 0 Å². The van der Waals surface area contributed by atoms with Crippen LogP contribution >= 0.6 is 0 Å². The Morgan fingerprint density at radius 1 is 1.32 bits per heavy atom. The molecule has 1 saturated carbocycles. The largest absolute Gasteiger partial charge is 0.497 e. The third-order valence-corrected chi connectivity index (χ3v) is 6.49. The van der Waals surface area contributed by atoms with Gasteiger partial charge in [-0.1, -0.05) is 13.0 Å². The molecule has 2 bridgehead atoms. The van der Waals surface area contributed by atoms with Gasteiger partial charge in [0.25, 0.3) is 0 Å². The van der Waals surface area contributed by atoms with Gasteiger partial charge in [-0.2, -0.15) is 0 Å². The molecule has 3 heteroatoms. The normalized spacial score (nSPS) is 37.4. The van der Waals surface area contributed by atoms with E-state index in [1.54, 1.807) is 7.11 Å². The molecule has 0 amide bonds. The van der Waals surface area contributed by atoms with Crippen LogP contribution in [-0.4, -0.2) is 37.4 Å². The van der Waals surface area contributed by atoms with Crippen LogP contribution < -0.4 is 4.74 Å². The molecule has 22 heavy (non-hydrogen) atoms. The van der Waals surface area contributed by atoms with Gasteiger partial charge in [-0.15, -0.1) is 0 Å². The van der Waals surface area contributed by atoms with Crippen molar-refractivity contribution in [2.45, 2.75) is 44.1 Å². The maximum absolute atomic E-state index is 12.4. The van der Waals surface area contributed by atoms with Crippen molar-refractivity contribution in [3.8, 4) is 5.75 Å². The van der Waals surface area contributed by atoms with Crippen LogP contribution in [0.5, 0.6) is 5.75 Å². The number of likely N-dealkylation sites (N-methyl/N-ethyl adjacent to an activating group) is 1. The van der Waals surface area contributed by atoms with Crippen molar-refractivity contribution in [3.63, 3.8) is 0 Å². The van der Waals surface area contributed by atoms with Crippen LogP contribution in [0.25, 0.3) is 0 Å². The lowest BCUT2D eigenvalue weighted by atomic mass is 9.49. The molecule has 1 heterocycles. The fourth-order valence-electron chi connectivity index (χ4n) is 5.63. The van der Waals surface area contributed by atoms with Gasteiger partial charge in [0.1, 0.15) is 11.5 Å². The first-order chi connectivity index (χ1) is 10.5. The van der Waals surface area contributed by atoms with Crippen LogP contribution in [0.4, 0.5) is 0 Å². The van der Waals surface area contributed by atoms with Gasteiger partial charge in [-0.3, -0.25) is 4.79 Å². The summed E-state index contributed by atoms with van der Waals surface area (Å²) in [5.74, 6) is 2.45. The van der Waals surface area contributed by atoms with Crippen LogP contribution in [0, 0.1) is 11.8 Å². The number of fused-ring (bicyclic) bond motifs is 1. The second-order valence-electron chi connectivity index (χ2n) is 7.60. The van der Waals surface area contributed by atoms with Gasteiger partial charge in [0.05, 0.1) is 7.11 Å². The van der Waals surface area contributed by atoms with Crippen molar-refractivity contribution in [2.75, 3.05) is 20.7 Å². The van der Waals surface area contributed by atoms with Gasteiger partial charge >= 0.3 is 0 Å². The minimum Gasteiger partial charge on any atom is -0.497 e. The maximum Gasteiger partial charge on any atom is 0.134 e. The van der Waals surface area contributed by atoms with Gasteiger partial charge in [0.2, 0.25) is 0 Å². The lowest BCUT2D eigenvalue weighted by molar-refractivity contribution is -0.130. The Morgan fingerprint density at radius 2 is 2.14 bits per heavy atom. The summed E-state index contributed by atoms with van der Waals surface area (Å²) in [4.78, 5) is 15.0. The standard InChI is InChI=1S/C19H25NO2/c1-12-8-14(21)11-19-6-7-20(2)17(18(12)19)9-13-4-5-15(22-3)10-16(13)19/h4-5,10,12,17-18H,6-9,11H2,1-3H3/t12-,17-,18-,19-/m0/s1. The number of carbonyl (C=O) groups excluding carboxylic acids is 1. The summed E-state index contributed by atoms with van der Waals surface area (Å²) in [6, 6.07) is 7.09. The Hall–Kier alpha value is -1.35. The number of hydrogen-bond acceptors (Lipinski definition) is 3. The second-order valence-corrected chi connectivity index (χ2v) is 7.60. The highest BCUT2D eigenvalue weighted by molar-refractivity contribution is 5.82. The van der Waals surface area contributed by atoms with Crippen molar-refractivity contribution in [2.24, 2.45) is 11.8 Å². The quantitative estimate of drug-likeness (QED) is 0.798. The Morgan fingerprint density at radius 3 is 2.91 bits per heavy atom. The number of ketones is 1. The number of piperidine rings is 1. The Kier molecular flexibility index (Phi) is 3.12. The van der Waals surface area contributed by atoms with E-state index in [9.17, 15) is 4.79 Å². The molecule has 1 aromatic carbocycles. The van der Waals surface area contributed by atoms with Crippen LogP contribution in [0.3, 0.4) is 0 Å². The van der Waals surface area contributed by atoms with Gasteiger partial charge in [0.15, 0.2) is 0 Å². The molecule has 3 aliphatic rings. The number of likely N-dealkylation sites (tertiary alicyclic amines) is 1. The fraction of sp³-hybridized carbons (Fsp3) is 0.632. The van der Waals surface area contributed by atoms with Gasteiger partial charge in [-0.05, 0) is 61.5 Å². The number of methoxy groups -OCH3 is 1. The summed E-state index contributed by atoms with van der Waals surface area (Å²) in [6.07, 6.45) is 3.70. The monoisotopic (exact) mass is 299 g/mol. The second kappa shape index (κ2) is 4.82. The zero-order valence-electron chi connectivity index (χ0n) is 13.8. The molecule has 1 aromatic rings. The Labute approximate surface area is 132 Å². The Bertz CT molecular complexity index is 626. The number of Topliss-reactive ketones (excluding diaryl/α,β-unsaturated/α-hetero) is 1. The summed E-state index contributed by atoms with van der Waals surface area (Å²) in [6.45, 7) is 3.38. The summed E-state index contributed by atoms with van der Waals surface area (Å²) >= 11 is 0. The molecular weight excluding hydrogens is 274 g/mol. The molecule has 118 valence electrons. The molecule has 0 aromatic heterocycles. The zero-order chi connectivity index (χ0) is 15.5. The molecule has 2 aliphatic carbocycles. The lowest BCUT2D eigenvalue weighted by Crippen LogP contribution is -2.63. The fourth-order valence-corrected chi connectivity index (χ4v) is 5.63. The van der Waals surface area contributed by atoms with E-state index in [2.05, 4.69) is 37.1 Å². The first-order valence-electron chi connectivity index (χ1n) is 8.44. The van der Waals surface area contributed by atoms with Crippen LogP contribution in [0.1, 0.15) is 37.3 Å². The average molecular weight is 299 g/mol. The van der Waals surface area contributed by atoms with E-state index < -0.39 is 0 Å². The number of rotatable bonds is 1. The van der Waals surface area contributed by atoms with E-state index in [0.29, 0.717) is 23.7 Å². The van der Waals surface area contributed by atoms with Crippen molar-refractivity contribution in [1.29, 1.82) is 0 Å². The molecule has 0 spiro atoms. The SMILES string of the molecule is COc1ccc2c(c1)[C@@]13CCN(C)[C@@H](C2)[C@@H]1[C@@H](C)CC(=O)C3. The third-order valence-electron chi connectivity index (χ3n) is 6.49. The number of carbonyl (C=O) groups is 1. The number of nitrogens with zero attached hydrogens (tertiary/aromatic N) is 1. The predicted octanol–water partition coefficient (Wildman–Crippen LogP) is 2.81. The molecule has 1 aliphatic heterocycles. The molecule has 3 nitrogen and oxygen atoms in total. The zero-order valence-corrected chi connectivity index (χ0v) is 13.8. The highest BCUT2D eigenvalue weighted by atomic mass is 16.5. The highest BCUT2D eigenvalue weighted by Crippen LogP contribution is 2.56. The van der Waals surface area contributed by atoms with E-state index in [1.165, 1.54) is 11.1 Å². The minimum atomic E-state index is 0.0497. The summed E-state index contributed by atoms with van der Waals surface area (Å²) in [7, 11) is 3.98. The Balaban J connectivity index is 1.92. The number of benzene rings is 1. The summed E-state index contributed by atoms with van der Waals surface area (Å²) < 4.78 is 5.47. The van der Waals surface area contributed by atoms with Crippen molar-refractivity contribution < 1.29 is 9.53 Å². The number of hydrogen-bond donors (Lipinski definition) is 0. The highest BCUT2D eigenvalue weighted by Gasteiger charge is 2.57. The summed E-state index contributed by atoms with van der Waals surface area (Å²) in [5, 5.41) is 0. The summed E-state index contributed by atoms with van der Waals surface area (Å²) in [5.41, 5.74) is 2.88. The van der Waals surface area contributed by atoms with Crippen LogP contribution in [-0.2, 0) is 16.6 Å². The van der Waals surface area contributed by atoms with Gasteiger partial charge in [-0.25, -0.2) is 0 Å². The van der Waals surface area contributed by atoms with E-state index >= 15 is 0 Å². The molecule has 0 unspecified atom stereocenters. The first-order valence-corrected chi connectivity index (χ1v) is 8.44. The van der Waals surface area contributed by atoms with Crippen LogP contribution in [0.15, 0.2) is 18.2 Å². The molecular formula is C19H25NO2. The topological polar surface area (TPSA) is 29.5 Å². The van der Waals surface area contributed by atoms with Gasteiger partial charge < -0.3 is 9.64 Å². The van der Waals surface area contributed by atoms with E-state index in [-0.39, 0.29) is 5.41 Å². The van der Waals surface area contributed by atoms with Gasteiger partial charge in [0, 0.05) is 24.3 Å². The van der Waals surface area contributed by atoms with Crippen LogP contribution in [0.2, 0.25) is 0 Å². The molecule has 4 rings (SSSR count). The smallest absolute Gasteiger partial charge is 0.134 e. The molecule has 2 fully saturated rings. The minimum absolute atomic E-state index is 0.0497. The maximum atomic E-state index is 12.4. The average Bonchev–Trinajstić information content (AvgIpc) is 2.50. The molecule has 4 atom stereocenters. The molecule has 0 radical (unpaired) electrons. The third kappa shape index (κ3) is 1.81. The molecule has 1 saturated heterocycles. The van der Waals surface area contributed by atoms with Crippen molar-refractivity contribution >= 4 is 5.78 Å². The molecule has 0 N–H and O–H groups in total. The van der Waals surface area contributed by atoms with Crippen molar-refractivity contribution in [3.05, 3.63) is 29.3 Å². The van der Waals surface area contributed by atoms with Crippen molar-refractivity contribution in [1.82, 2.24) is 4.90 Å². The van der Waals surface area contributed by atoms with E-state index in [4.69, 9.17) is 4.74 Å². The lowest BCUT2D eigenvalue weighted by Gasteiger charge is -2.60. The van der Waals surface area contributed by atoms with E-state index in [0.717, 1.165) is 38.0 Å².